The van der Waals surface area contributed by atoms with Crippen molar-refractivity contribution >= 4 is 15.9 Å². The molecule has 0 aliphatic carbocycles. The summed E-state index contributed by atoms with van der Waals surface area (Å²) in [4.78, 5) is 0. The Morgan fingerprint density at radius 3 is 2.44 bits per heavy atom. The molecule has 1 N–H and O–H groups in total. The lowest BCUT2D eigenvalue weighted by atomic mass is 10.2. The van der Waals surface area contributed by atoms with Crippen molar-refractivity contribution in [2.24, 2.45) is 0 Å². The molecule has 0 atom stereocenters. The van der Waals surface area contributed by atoms with Crippen LogP contribution in [0.5, 0.6) is 5.75 Å². The first kappa shape index (κ1) is 13.1. The van der Waals surface area contributed by atoms with E-state index in [1.54, 1.807) is 0 Å². The summed E-state index contributed by atoms with van der Waals surface area (Å²) >= 11 is 3.51. The summed E-state index contributed by atoms with van der Waals surface area (Å²) in [6, 6.07) is 16.2. The molecule has 2 rings (SSSR count). The highest BCUT2D eigenvalue weighted by Crippen LogP contribution is 2.19. The van der Waals surface area contributed by atoms with Crippen LogP contribution in [-0.2, 0) is 13.2 Å². The van der Waals surface area contributed by atoms with Crippen LogP contribution in [-0.4, -0.2) is 7.05 Å². The molecular weight excluding hydrogens is 290 g/mol. The van der Waals surface area contributed by atoms with Gasteiger partial charge in [0, 0.05) is 16.6 Å². The predicted molar refractivity (Wildman–Crippen MR) is 77.7 cm³/mol. The molecule has 2 nitrogen and oxygen atoms in total. The van der Waals surface area contributed by atoms with Crippen LogP contribution in [0.25, 0.3) is 0 Å². The van der Waals surface area contributed by atoms with Crippen LogP contribution < -0.4 is 10.1 Å². The van der Waals surface area contributed by atoms with Gasteiger partial charge in [-0.1, -0.05) is 46.3 Å². The fraction of sp³-hybridized carbons (Fsp3) is 0.200. The highest BCUT2D eigenvalue weighted by Gasteiger charge is 2.00. The molecule has 0 saturated carbocycles. The smallest absolute Gasteiger partial charge is 0.119 e. The molecule has 2 aromatic carbocycles. The standard InChI is InChI=1S/C15H16BrNO/c1-17-10-12-6-8-14(9-7-12)18-11-13-4-2-3-5-15(13)16/h2-9,17H,10-11H2,1H3. The maximum Gasteiger partial charge on any atom is 0.119 e. The van der Waals surface area contributed by atoms with Gasteiger partial charge in [0.15, 0.2) is 0 Å². The second-order valence-electron chi connectivity index (χ2n) is 4.05. The summed E-state index contributed by atoms with van der Waals surface area (Å²) in [6.07, 6.45) is 0. The summed E-state index contributed by atoms with van der Waals surface area (Å²) < 4.78 is 6.84. The van der Waals surface area contributed by atoms with Crippen LogP contribution in [0.1, 0.15) is 11.1 Å². The lowest BCUT2D eigenvalue weighted by molar-refractivity contribution is 0.305. The van der Waals surface area contributed by atoms with Gasteiger partial charge in [0.1, 0.15) is 12.4 Å². The van der Waals surface area contributed by atoms with Crippen molar-refractivity contribution in [2.75, 3.05) is 7.05 Å². The third-order valence-electron chi connectivity index (χ3n) is 2.66. The van der Waals surface area contributed by atoms with Crippen LogP contribution in [0.15, 0.2) is 53.0 Å². The molecule has 94 valence electrons. The van der Waals surface area contributed by atoms with E-state index in [2.05, 4.69) is 39.4 Å². The van der Waals surface area contributed by atoms with Crippen LogP contribution in [0.2, 0.25) is 0 Å². The van der Waals surface area contributed by atoms with Gasteiger partial charge in [-0.05, 0) is 30.8 Å². The Morgan fingerprint density at radius 1 is 1.06 bits per heavy atom. The van der Waals surface area contributed by atoms with E-state index in [9.17, 15) is 0 Å². The van der Waals surface area contributed by atoms with Crippen molar-refractivity contribution < 1.29 is 4.74 Å². The van der Waals surface area contributed by atoms with Gasteiger partial charge in [0.25, 0.3) is 0 Å². The maximum atomic E-state index is 5.76. The van der Waals surface area contributed by atoms with E-state index < -0.39 is 0 Å². The maximum absolute atomic E-state index is 5.76. The molecule has 0 heterocycles. The van der Waals surface area contributed by atoms with Gasteiger partial charge in [0.05, 0.1) is 0 Å². The highest BCUT2D eigenvalue weighted by atomic mass is 79.9. The van der Waals surface area contributed by atoms with Gasteiger partial charge in [-0.2, -0.15) is 0 Å². The van der Waals surface area contributed by atoms with E-state index in [0.29, 0.717) is 6.61 Å². The number of halogens is 1. The SMILES string of the molecule is CNCc1ccc(OCc2ccccc2Br)cc1. The van der Waals surface area contributed by atoms with E-state index in [4.69, 9.17) is 4.74 Å². The number of hydrogen-bond acceptors (Lipinski definition) is 2. The zero-order chi connectivity index (χ0) is 12.8. The Morgan fingerprint density at radius 2 is 1.78 bits per heavy atom. The van der Waals surface area contributed by atoms with Crippen molar-refractivity contribution in [1.82, 2.24) is 5.32 Å². The second kappa shape index (κ2) is 6.57. The molecule has 18 heavy (non-hydrogen) atoms. The fourth-order valence-electron chi connectivity index (χ4n) is 1.68. The molecule has 2 aromatic rings. The third-order valence-corrected chi connectivity index (χ3v) is 3.43. The predicted octanol–water partition coefficient (Wildman–Crippen LogP) is 3.75. The third kappa shape index (κ3) is 3.59. The first-order valence-corrected chi connectivity index (χ1v) is 6.68. The van der Waals surface area contributed by atoms with Crippen molar-refractivity contribution in [2.45, 2.75) is 13.2 Å². The van der Waals surface area contributed by atoms with Gasteiger partial charge >= 0.3 is 0 Å². The zero-order valence-corrected chi connectivity index (χ0v) is 11.9. The molecule has 0 aliphatic rings. The Balaban J connectivity index is 1.96. The Bertz CT molecular complexity index is 496. The summed E-state index contributed by atoms with van der Waals surface area (Å²) in [5.41, 5.74) is 2.41. The van der Waals surface area contributed by atoms with Crippen LogP contribution >= 0.6 is 15.9 Å². The molecule has 0 radical (unpaired) electrons. The molecule has 3 heteroatoms. The van der Waals surface area contributed by atoms with Crippen LogP contribution in [0, 0.1) is 0 Å². The quantitative estimate of drug-likeness (QED) is 0.908. The lowest BCUT2D eigenvalue weighted by Gasteiger charge is -2.08. The van der Waals surface area contributed by atoms with Gasteiger partial charge in [-0.3, -0.25) is 0 Å². The first-order valence-electron chi connectivity index (χ1n) is 5.89. The molecule has 0 bridgehead atoms. The Kier molecular flexibility index (Phi) is 4.79. The molecule has 0 aliphatic heterocycles. The monoisotopic (exact) mass is 305 g/mol. The second-order valence-corrected chi connectivity index (χ2v) is 4.91. The Hall–Kier alpha value is -1.32. The molecular formula is C15H16BrNO. The molecule has 0 spiro atoms. The normalized spacial score (nSPS) is 10.3. The summed E-state index contributed by atoms with van der Waals surface area (Å²) in [7, 11) is 1.94. The van der Waals surface area contributed by atoms with Gasteiger partial charge in [-0.25, -0.2) is 0 Å². The Labute approximate surface area is 116 Å². The molecule has 0 amide bonds. The van der Waals surface area contributed by atoms with Crippen LogP contribution in [0.3, 0.4) is 0 Å². The number of nitrogens with one attached hydrogen (secondary N) is 1. The van der Waals surface area contributed by atoms with E-state index in [0.717, 1.165) is 22.3 Å². The lowest BCUT2D eigenvalue weighted by Crippen LogP contribution is -2.04. The van der Waals surface area contributed by atoms with Gasteiger partial charge < -0.3 is 10.1 Å². The van der Waals surface area contributed by atoms with Crippen molar-refractivity contribution in [3.05, 3.63) is 64.1 Å². The number of rotatable bonds is 5. The molecule has 0 saturated heterocycles. The van der Waals surface area contributed by atoms with Crippen LogP contribution in [0.4, 0.5) is 0 Å². The van der Waals surface area contributed by atoms with Crippen molar-refractivity contribution in [1.29, 1.82) is 0 Å². The van der Waals surface area contributed by atoms with E-state index >= 15 is 0 Å². The number of hydrogen-bond donors (Lipinski definition) is 1. The fourth-order valence-corrected chi connectivity index (χ4v) is 2.08. The minimum Gasteiger partial charge on any atom is -0.489 e. The number of benzene rings is 2. The summed E-state index contributed by atoms with van der Waals surface area (Å²) in [6.45, 7) is 1.46. The topological polar surface area (TPSA) is 21.3 Å². The molecule has 0 aromatic heterocycles. The molecule has 0 unspecified atom stereocenters. The van der Waals surface area contributed by atoms with E-state index in [1.807, 2.05) is 37.4 Å². The van der Waals surface area contributed by atoms with E-state index in [1.165, 1.54) is 5.56 Å². The van der Waals surface area contributed by atoms with Crippen molar-refractivity contribution in [3.63, 3.8) is 0 Å². The first-order chi connectivity index (χ1) is 8.79. The minimum absolute atomic E-state index is 0.576. The highest BCUT2D eigenvalue weighted by molar-refractivity contribution is 9.10. The summed E-state index contributed by atoms with van der Waals surface area (Å²) in [5.74, 6) is 0.894. The van der Waals surface area contributed by atoms with Gasteiger partial charge in [0.2, 0.25) is 0 Å². The molecule has 0 fully saturated rings. The van der Waals surface area contributed by atoms with Gasteiger partial charge in [-0.15, -0.1) is 0 Å². The minimum atomic E-state index is 0.576. The average molecular weight is 306 g/mol. The van der Waals surface area contributed by atoms with E-state index in [-0.39, 0.29) is 0 Å². The summed E-state index contributed by atoms with van der Waals surface area (Å²) in [5, 5.41) is 3.12. The van der Waals surface area contributed by atoms with Crippen molar-refractivity contribution in [3.8, 4) is 5.75 Å². The average Bonchev–Trinajstić information content (AvgIpc) is 2.40. The largest absolute Gasteiger partial charge is 0.489 e. The number of ether oxygens (including phenoxy) is 1. The zero-order valence-electron chi connectivity index (χ0n) is 10.3.